The van der Waals surface area contributed by atoms with Gasteiger partial charge in [0.25, 0.3) is 5.91 Å². The van der Waals surface area contributed by atoms with Crippen LogP contribution < -0.4 is 16.0 Å². The maximum absolute atomic E-state index is 12.7. The van der Waals surface area contributed by atoms with E-state index >= 15 is 0 Å². The second kappa shape index (κ2) is 7.56. The van der Waals surface area contributed by atoms with Gasteiger partial charge in [0.15, 0.2) is 24.0 Å². The molecule has 0 saturated carbocycles. The van der Waals surface area contributed by atoms with E-state index in [-0.39, 0.29) is 19.0 Å². The van der Waals surface area contributed by atoms with Crippen LogP contribution in [0.15, 0.2) is 0 Å². The Morgan fingerprint density at radius 1 is 0.786 bits per heavy atom. The SMILES string of the molecule is CNC(=O)CNC(=O)CNC(=O)[C@H]1O[C@@H]2OC(C)(C)O[C@@H]2[C@H]2OC(C)(C)O[C@H]21. The Bertz CT molecular complexity index is 652. The highest BCUT2D eigenvalue weighted by atomic mass is 16.9. The fraction of sp³-hybridized carbons (Fsp3) is 0.824. The molecule has 3 N–H and O–H groups in total. The molecule has 28 heavy (non-hydrogen) atoms. The third kappa shape index (κ3) is 4.44. The van der Waals surface area contributed by atoms with Gasteiger partial charge in [-0.2, -0.15) is 0 Å². The number of likely N-dealkylation sites (N-methyl/N-ethyl adjacent to an activating group) is 1. The van der Waals surface area contributed by atoms with E-state index in [0.717, 1.165) is 0 Å². The van der Waals surface area contributed by atoms with Crippen LogP contribution >= 0.6 is 0 Å². The third-order valence-corrected chi connectivity index (χ3v) is 4.56. The molecule has 3 amide bonds. The standard InChI is InChI=1S/C17H27N3O8/c1-16(2)25-10-11(26-16)13-15(28-17(3,4)27-13)24-12(10)14(23)20-7-9(22)19-6-8(21)18-5/h10-13,15H,6-7H2,1-5H3,(H,18,21)(H,19,22)(H,20,23)/t10-,11+,12+,13-,15-/m1/s1. The van der Waals surface area contributed by atoms with E-state index in [9.17, 15) is 14.4 Å². The summed E-state index contributed by atoms with van der Waals surface area (Å²) in [5, 5.41) is 7.27. The Labute approximate surface area is 162 Å². The van der Waals surface area contributed by atoms with Crippen molar-refractivity contribution in [2.45, 2.75) is 70.0 Å². The molecule has 0 aromatic heterocycles. The lowest BCUT2D eigenvalue weighted by molar-refractivity contribution is -0.231. The van der Waals surface area contributed by atoms with Crippen LogP contribution in [0.1, 0.15) is 27.7 Å². The van der Waals surface area contributed by atoms with Gasteiger partial charge in [-0.25, -0.2) is 0 Å². The first kappa shape index (κ1) is 20.9. The zero-order chi connectivity index (χ0) is 20.7. The summed E-state index contributed by atoms with van der Waals surface area (Å²) in [5.41, 5.74) is 0. The molecule has 3 aliphatic rings. The highest BCUT2D eigenvalue weighted by molar-refractivity contribution is 5.89. The molecular formula is C17H27N3O8. The van der Waals surface area contributed by atoms with Gasteiger partial charge in [0.05, 0.1) is 13.1 Å². The number of nitrogens with one attached hydrogen (secondary N) is 3. The van der Waals surface area contributed by atoms with E-state index in [1.54, 1.807) is 27.7 Å². The van der Waals surface area contributed by atoms with Crippen LogP contribution in [0.2, 0.25) is 0 Å². The summed E-state index contributed by atoms with van der Waals surface area (Å²) in [6.07, 6.45) is -3.67. The van der Waals surface area contributed by atoms with Crippen molar-refractivity contribution in [1.82, 2.24) is 16.0 Å². The quantitative estimate of drug-likeness (QED) is 0.500. The first-order valence-electron chi connectivity index (χ1n) is 9.13. The van der Waals surface area contributed by atoms with Crippen LogP contribution in [0.25, 0.3) is 0 Å². The van der Waals surface area contributed by atoms with Crippen molar-refractivity contribution in [3.63, 3.8) is 0 Å². The van der Waals surface area contributed by atoms with Crippen LogP contribution in [-0.2, 0) is 38.1 Å². The van der Waals surface area contributed by atoms with Crippen molar-refractivity contribution in [3.05, 3.63) is 0 Å². The largest absolute Gasteiger partial charge is 0.358 e. The fourth-order valence-corrected chi connectivity index (χ4v) is 3.42. The predicted octanol–water partition coefficient (Wildman–Crippen LogP) is -1.64. The van der Waals surface area contributed by atoms with E-state index in [4.69, 9.17) is 23.7 Å². The van der Waals surface area contributed by atoms with Crippen molar-refractivity contribution in [3.8, 4) is 0 Å². The van der Waals surface area contributed by atoms with Gasteiger partial charge in [0.1, 0.15) is 18.3 Å². The molecule has 0 aliphatic carbocycles. The van der Waals surface area contributed by atoms with Gasteiger partial charge >= 0.3 is 0 Å². The van der Waals surface area contributed by atoms with E-state index in [1.165, 1.54) is 7.05 Å². The molecule has 11 heteroatoms. The number of hydrogen-bond acceptors (Lipinski definition) is 8. The van der Waals surface area contributed by atoms with E-state index < -0.39 is 54.1 Å². The van der Waals surface area contributed by atoms with E-state index in [2.05, 4.69) is 16.0 Å². The molecule has 3 heterocycles. The molecule has 3 saturated heterocycles. The average Bonchev–Trinajstić information content (AvgIpc) is 3.10. The highest BCUT2D eigenvalue weighted by Gasteiger charge is 2.62. The average molecular weight is 401 g/mol. The van der Waals surface area contributed by atoms with E-state index in [1.807, 2.05) is 0 Å². The Morgan fingerprint density at radius 2 is 1.36 bits per heavy atom. The summed E-state index contributed by atoms with van der Waals surface area (Å²) in [6.45, 7) is 6.48. The van der Waals surface area contributed by atoms with Gasteiger partial charge in [0, 0.05) is 7.05 Å². The minimum atomic E-state index is -1.04. The van der Waals surface area contributed by atoms with Crippen LogP contribution in [0, 0.1) is 0 Å². The van der Waals surface area contributed by atoms with Gasteiger partial charge in [-0.15, -0.1) is 0 Å². The number of carbonyl (C=O) groups is 3. The molecule has 3 aliphatic heterocycles. The van der Waals surface area contributed by atoms with Gasteiger partial charge in [-0.3, -0.25) is 14.4 Å². The highest BCUT2D eigenvalue weighted by Crippen LogP contribution is 2.44. The van der Waals surface area contributed by atoms with Crippen molar-refractivity contribution >= 4 is 17.7 Å². The summed E-state index contributed by atoms with van der Waals surface area (Å²) < 4.78 is 29.2. The van der Waals surface area contributed by atoms with Gasteiger partial charge in [-0.1, -0.05) is 0 Å². The van der Waals surface area contributed by atoms with Crippen LogP contribution in [0.5, 0.6) is 0 Å². The Hall–Kier alpha value is -1.79. The molecule has 3 rings (SSSR count). The third-order valence-electron chi connectivity index (χ3n) is 4.56. The number of carbonyl (C=O) groups excluding carboxylic acids is 3. The summed E-state index contributed by atoms with van der Waals surface area (Å²) in [6, 6.07) is 0. The molecule has 0 aromatic rings. The maximum Gasteiger partial charge on any atom is 0.252 e. The summed E-state index contributed by atoms with van der Waals surface area (Å²) in [5.74, 6) is -3.21. The minimum absolute atomic E-state index is 0.176. The molecule has 0 aromatic carbocycles. The van der Waals surface area contributed by atoms with Crippen molar-refractivity contribution in [2.24, 2.45) is 0 Å². The predicted molar refractivity (Wildman–Crippen MR) is 92.6 cm³/mol. The second-order valence-electron chi connectivity index (χ2n) is 7.76. The zero-order valence-corrected chi connectivity index (χ0v) is 16.6. The molecule has 158 valence electrons. The van der Waals surface area contributed by atoms with Crippen molar-refractivity contribution < 1.29 is 38.1 Å². The number of hydrogen-bond donors (Lipinski definition) is 3. The second-order valence-corrected chi connectivity index (χ2v) is 7.76. The summed E-state index contributed by atoms with van der Waals surface area (Å²) in [4.78, 5) is 35.6. The zero-order valence-electron chi connectivity index (χ0n) is 16.6. The normalized spacial score (nSPS) is 34.8. The minimum Gasteiger partial charge on any atom is -0.358 e. The van der Waals surface area contributed by atoms with Gasteiger partial charge in [-0.05, 0) is 27.7 Å². The van der Waals surface area contributed by atoms with Gasteiger partial charge < -0.3 is 39.6 Å². The van der Waals surface area contributed by atoms with Crippen LogP contribution in [-0.4, -0.2) is 80.1 Å². The molecular weight excluding hydrogens is 374 g/mol. The van der Waals surface area contributed by atoms with Crippen LogP contribution in [0.3, 0.4) is 0 Å². The molecule has 3 fully saturated rings. The Balaban J connectivity index is 1.63. The number of amides is 3. The fourth-order valence-electron chi connectivity index (χ4n) is 3.42. The first-order valence-corrected chi connectivity index (χ1v) is 9.13. The smallest absolute Gasteiger partial charge is 0.252 e. The molecule has 0 bridgehead atoms. The lowest BCUT2D eigenvalue weighted by atomic mass is 9.98. The van der Waals surface area contributed by atoms with Crippen molar-refractivity contribution in [2.75, 3.05) is 20.1 Å². The number of ether oxygens (including phenoxy) is 5. The van der Waals surface area contributed by atoms with Crippen molar-refractivity contribution in [1.29, 1.82) is 0 Å². The molecule has 0 unspecified atom stereocenters. The Morgan fingerprint density at radius 3 is 2.04 bits per heavy atom. The lowest BCUT2D eigenvalue weighted by Crippen LogP contribution is -2.60. The first-order chi connectivity index (χ1) is 13.0. The Kier molecular flexibility index (Phi) is 5.65. The number of fused-ring (bicyclic) bond motifs is 3. The molecule has 5 atom stereocenters. The molecule has 0 radical (unpaired) electrons. The number of rotatable bonds is 5. The topological polar surface area (TPSA) is 133 Å². The lowest BCUT2D eigenvalue weighted by Gasteiger charge is -2.36. The molecule has 0 spiro atoms. The monoisotopic (exact) mass is 401 g/mol. The van der Waals surface area contributed by atoms with Crippen LogP contribution in [0.4, 0.5) is 0 Å². The maximum atomic E-state index is 12.7. The molecule has 11 nitrogen and oxygen atoms in total. The summed E-state index contributed by atoms with van der Waals surface area (Å²) in [7, 11) is 1.46. The van der Waals surface area contributed by atoms with Gasteiger partial charge in [0.2, 0.25) is 11.8 Å². The van der Waals surface area contributed by atoms with E-state index in [0.29, 0.717) is 0 Å². The summed E-state index contributed by atoms with van der Waals surface area (Å²) >= 11 is 0.